The van der Waals surface area contributed by atoms with Crippen LogP contribution in [0.5, 0.6) is 0 Å². The molecule has 0 unspecified atom stereocenters. The Morgan fingerprint density at radius 2 is 1.70 bits per heavy atom. The second-order valence-corrected chi connectivity index (χ2v) is 5.50. The molecule has 0 radical (unpaired) electrons. The van der Waals surface area contributed by atoms with Crippen LogP contribution in [-0.4, -0.2) is 14.5 Å². The highest BCUT2D eigenvalue weighted by Gasteiger charge is 2.13. The molecule has 4 heteroatoms. The van der Waals surface area contributed by atoms with Crippen LogP contribution in [0.15, 0.2) is 67.1 Å². The molecule has 0 saturated heterocycles. The lowest BCUT2D eigenvalue weighted by Gasteiger charge is -2.10. The van der Waals surface area contributed by atoms with Gasteiger partial charge in [-0.25, -0.2) is 9.37 Å². The van der Waals surface area contributed by atoms with E-state index in [0.717, 1.165) is 33.5 Å². The fourth-order valence-electron chi connectivity index (χ4n) is 2.79. The molecule has 3 heterocycles. The van der Waals surface area contributed by atoms with Crippen LogP contribution < -0.4 is 0 Å². The van der Waals surface area contributed by atoms with Crippen molar-refractivity contribution in [2.45, 2.75) is 6.92 Å². The Morgan fingerprint density at radius 1 is 0.957 bits per heavy atom. The summed E-state index contributed by atoms with van der Waals surface area (Å²) in [6.45, 7) is 2.02. The zero-order valence-electron chi connectivity index (χ0n) is 12.6. The third-order valence-electron chi connectivity index (χ3n) is 3.84. The topological polar surface area (TPSA) is 30.7 Å². The van der Waals surface area contributed by atoms with Crippen molar-refractivity contribution in [1.29, 1.82) is 0 Å². The molecule has 0 amide bonds. The van der Waals surface area contributed by atoms with Crippen molar-refractivity contribution in [2.75, 3.05) is 0 Å². The summed E-state index contributed by atoms with van der Waals surface area (Å²) < 4.78 is 15.3. The number of aromatic nitrogens is 3. The standard InChI is InChI=1S/C19H14FN3/c1-13-10-15-11-18(14-6-8-21-9-7-14)23(19(15)22-12-13)17-4-2-16(20)3-5-17/h2-12H,1H3. The molecule has 4 rings (SSSR count). The summed E-state index contributed by atoms with van der Waals surface area (Å²) in [5.41, 5.74) is 4.89. The molecule has 0 aliphatic carbocycles. The first-order chi connectivity index (χ1) is 11.2. The number of hydrogen-bond acceptors (Lipinski definition) is 2. The van der Waals surface area contributed by atoms with E-state index in [1.807, 2.05) is 29.8 Å². The number of aryl methyl sites for hydroxylation is 1. The van der Waals surface area contributed by atoms with Crippen molar-refractivity contribution < 1.29 is 4.39 Å². The minimum absolute atomic E-state index is 0.250. The van der Waals surface area contributed by atoms with E-state index in [0.29, 0.717) is 0 Å². The molecule has 1 aromatic carbocycles. The maximum Gasteiger partial charge on any atom is 0.144 e. The second kappa shape index (κ2) is 5.32. The van der Waals surface area contributed by atoms with Gasteiger partial charge in [0.2, 0.25) is 0 Å². The van der Waals surface area contributed by atoms with E-state index in [2.05, 4.69) is 22.1 Å². The van der Waals surface area contributed by atoms with Crippen LogP contribution in [0, 0.1) is 12.7 Å². The first-order valence-corrected chi connectivity index (χ1v) is 7.37. The van der Waals surface area contributed by atoms with E-state index in [-0.39, 0.29) is 5.82 Å². The van der Waals surface area contributed by atoms with Gasteiger partial charge in [-0.3, -0.25) is 9.55 Å². The van der Waals surface area contributed by atoms with Gasteiger partial charge in [0.15, 0.2) is 0 Å². The SMILES string of the molecule is Cc1cnc2c(c1)cc(-c1ccncc1)n2-c1ccc(F)cc1. The average Bonchev–Trinajstić information content (AvgIpc) is 2.95. The summed E-state index contributed by atoms with van der Waals surface area (Å²) in [4.78, 5) is 8.66. The Bertz CT molecular complexity index is 973. The number of fused-ring (bicyclic) bond motifs is 1. The van der Waals surface area contributed by atoms with Crippen molar-refractivity contribution in [2.24, 2.45) is 0 Å². The smallest absolute Gasteiger partial charge is 0.144 e. The highest BCUT2D eigenvalue weighted by atomic mass is 19.1. The van der Waals surface area contributed by atoms with E-state index in [1.54, 1.807) is 24.5 Å². The molecule has 3 nitrogen and oxygen atoms in total. The van der Waals surface area contributed by atoms with Crippen LogP contribution in [0.3, 0.4) is 0 Å². The highest BCUT2D eigenvalue weighted by molar-refractivity contribution is 5.86. The molecule has 112 valence electrons. The molecule has 0 N–H and O–H groups in total. The Kier molecular flexibility index (Phi) is 3.15. The number of rotatable bonds is 2. The summed E-state index contributed by atoms with van der Waals surface area (Å²) in [6, 6.07) is 14.6. The largest absolute Gasteiger partial charge is 0.294 e. The fraction of sp³-hybridized carbons (Fsp3) is 0.0526. The van der Waals surface area contributed by atoms with Crippen LogP contribution in [0.2, 0.25) is 0 Å². The molecular formula is C19H14FN3. The quantitative estimate of drug-likeness (QED) is 0.544. The normalized spacial score (nSPS) is 11.0. The van der Waals surface area contributed by atoms with Crippen LogP contribution >= 0.6 is 0 Å². The molecule has 0 aliphatic heterocycles. The molecule has 3 aromatic heterocycles. The summed E-state index contributed by atoms with van der Waals surface area (Å²) in [7, 11) is 0. The lowest BCUT2D eigenvalue weighted by molar-refractivity contribution is 0.627. The second-order valence-electron chi connectivity index (χ2n) is 5.50. The van der Waals surface area contributed by atoms with Crippen molar-refractivity contribution in [3.8, 4) is 16.9 Å². The monoisotopic (exact) mass is 303 g/mol. The number of halogens is 1. The maximum absolute atomic E-state index is 13.3. The molecule has 4 aromatic rings. The molecule has 0 bridgehead atoms. The Balaban J connectivity index is 2.05. The van der Waals surface area contributed by atoms with Gasteiger partial charge in [0.05, 0.1) is 5.69 Å². The molecule has 23 heavy (non-hydrogen) atoms. The zero-order chi connectivity index (χ0) is 15.8. The van der Waals surface area contributed by atoms with Crippen molar-refractivity contribution in [1.82, 2.24) is 14.5 Å². The van der Waals surface area contributed by atoms with E-state index >= 15 is 0 Å². The van der Waals surface area contributed by atoms with Crippen molar-refractivity contribution >= 4 is 11.0 Å². The van der Waals surface area contributed by atoms with E-state index < -0.39 is 0 Å². The van der Waals surface area contributed by atoms with Gasteiger partial charge < -0.3 is 0 Å². The predicted octanol–water partition coefficient (Wildman–Crippen LogP) is 4.54. The van der Waals surface area contributed by atoms with Crippen molar-refractivity contribution in [3.63, 3.8) is 0 Å². The first-order valence-electron chi connectivity index (χ1n) is 7.37. The number of nitrogens with zero attached hydrogens (tertiary/aromatic N) is 3. The van der Waals surface area contributed by atoms with Crippen LogP contribution in [-0.2, 0) is 0 Å². The third-order valence-corrected chi connectivity index (χ3v) is 3.84. The van der Waals surface area contributed by atoms with Gasteiger partial charge in [-0.1, -0.05) is 0 Å². The van der Waals surface area contributed by atoms with Gasteiger partial charge in [-0.2, -0.15) is 0 Å². The van der Waals surface area contributed by atoms with E-state index in [4.69, 9.17) is 0 Å². The molecule has 0 aliphatic rings. The average molecular weight is 303 g/mol. The van der Waals surface area contributed by atoms with Crippen LogP contribution in [0.1, 0.15) is 5.56 Å². The summed E-state index contributed by atoms with van der Waals surface area (Å²) in [6.07, 6.45) is 5.38. The highest BCUT2D eigenvalue weighted by Crippen LogP contribution is 2.30. The lowest BCUT2D eigenvalue weighted by atomic mass is 10.2. The molecule has 0 saturated carbocycles. The van der Waals surface area contributed by atoms with Gasteiger partial charge in [0.1, 0.15) is 11.5 Å². The van der Waals surface area contributed by atoms with Crippen LogP contribution in [0.25, 0.3) is 28.0 Å². The molecule has 0 fully saturated rings. The minimum Gasteiger partial charge on any atom is -0.294 e. The fourth-order valence-corrected chi connectivity index (χ4v) is 2.79. The zero-order valence-corrected chi connectivity index (χ0v) is 12.6. The number of pyridine rings is 2. The third kappa shape index (κ3) is 2.38. The van der Waals surface area contributed by atoms with Gasteiger partial charge in [-0.15, -0.1) is 0 Å². The van der Waals surface area contributed by atoms with Crippen LogP contribution in [0.4, 0.5) is 4.39 Å². The lowest BCUT2D eigenvalue weighted by Crippen LogP contribution is -1.98. The summed E-state index contributed by atoms with van der Waals surface area (Å²) in [5.74, 6) is -0.250. The number of hydrogen-bond donors (Lipinski definition) is 0. The maximum atomic E-state index is 13.3. The Labute approximate surface area is 133 Å². The van der Waals surface area contributed by atoms with E-state index in [1.165, 1.54) is 12.1 Å². The Morgan fingerprint density at radius 3 is 2.43 bits per heavy atom. The number of benzene rings is 1. The minimum atomic E-state index is -0.250. The molecule has 0 spiro atoms. The summed E-state index contributed by atoms with van der Waals surface area (Å²) >= 11 is 0. The van der Waals surface area contributed by atoms with Gasteiger partial charge in [0, 0.05) is 35.2 Å². The van der Waals surface area contributed by atoms with Crippen molar-refractivity contribution in [3.05, 3.63) is 78.5 Å². The van der Waals surface area contributed by atoms with E-state index in [9.17, 15) is 4.39 Å². The molecule has 0 atom stereocenters. The first kappa shape index (κ1) is 13.6. The van der Waals surface area contributed by atoms with Gasteiger partial charge >= 0.3 is 0 Å². The molecular weight excluding hydrogens is 289 g/mol. The predicted molar refractivity (Wildman–Crippen MR) is 89.0 cm³/mol. The van der Waals surface area contributed by atoms with Gasteiger partial charge in [-0.05, 0) is 61.0 Å². The van der Waals surface area contributed by atoms with Gasteiger partial charge in [0.25, 0.3) is 0 Å². The summed E-state index contributed by atoms with van der Waals surface area (Å²) in [5, 5.41) is 1.06. The Hall–Kier alpha value is -3.01.